The van der Waals surface area contributed by atoms with Crippen molar-refractivity contribution in [3.8, 4) is 5.75 Å². The molecule has 2 amide bonds. The topological polar surface area (TPSA) is 200 Å². The van der Waals surface area contributed by atoms with Gasteiger partial charge >= 0.3 is 0 Å². The van der Waals surface area contributed by atoms with Crippen molar-refractivity contribution in [1.29, 1.82) is 0 Å². The van der Waals surface area contributed by atoms with Crippen LogP contribution in [-0.4, -0.2) is 76.7 Å². The smallest absolute Gasteiger partial charge is 0.278 e. The number of allylic oxidation sites excluding steroid dienone is 1. The van der Waals surface area contributed by atoms with Crippen molar-refractivity contribution in [3.05, 3.63) is 34.1 Å². The van der Waals surface area contributed by atoms with E-state index in [-0.39, 0.29) is 36.0 Å². The van der Waals surface area contributed by atoms with Crippen molar-refractivity contribution < 1.29 is 44.4 Å². The molecule has 0 saturated heterocycles. The van der Waals surface area contributed by atoms with Crippen LogP contribution in [0.2, 0.25) is 0 Å². The van der Waals surface area contributed by atoms with Gasteiger partial charge in [-0.2, -0.15) is 0 Å². The van der Waals surface area contributed by atoms with Crippen molar-refractivity contribution in [2.45, 2.75) is 31.0 Å². The molecule has 1 fully saturated rings. The number of carbonyl (C=O) groups is 4. The van der Waals surface area contributed by atoms with Crippen LogP contribution in [0.1, 0.15) is 39.1 Å². The number of aliphatic hydroxyl groups is 3. The van der Waals surface area contributed by atoms with Gasteiger partial charge in [0.25, 0.3) is 5.91 Å². The molecule has 12 nitrogen and oxygen atoms in total. The molecule has 3 aliphatic carbocycles. The van der Waals surface area contributed by atoms with E-state index in [1.165, 1.54) is 13.2 Å². The number of amides is 2. The maximum atomic E-state index is 13.7. The van der Waals surface area contributed by atoms with Crippen LogP contribution in [0, 0.1) is 17.8 Å². The lowest BCUT2D eigenvalue weighted by Gasteiger charge is -2.48. The Kier molecular flexibility index (Phi) is 5.86. The number of Topliss-reactive ketones (excluding diaryl/α,β-unsaturated/α-hetero) is 2. The van der Waals surface area contributed by atoms with Gasteiger partial charge in [0.1, 0.15) is 17.4 Å². The van der Waals surface area contributed by atoms with Crippen molar-refractivity contribution in [1.82, 2.24) is 5.48 Å². The summed E-state index contributed by atoms with van der Waals surface area (Å²) < 4.78 is 0. The second kappa shape index (κ2) is 8.33. The zero-order valence-electron chi connectivity index (χ0n) is 19.4. The molecule has 3 aliphatic rings. The quantitative estimate of drug-likeness (QED) is 0.227. The van der Waals surface area contributed by atoms with Crippen LogP contribution in [0.3, 0.4) is 0 Å². The van der Waals surface area contributed by atoms with E-state index in [1.54, 1.807) is 19.0 Å². The number of ketones is 2. The Labute approximate surface area is 199 Å². The largest absolute Gasteiger partial charge is 0.508 e. The van der Waals surface area contributed by atoms with Crippen LogP contribution in [-0.2, 0) is 20.8 Å². The van der Waals surface area contributed by atoms with E-state index >= 15 is 0 Å². The molecule has 12 heteroatoms. The summed E-state index contributed by atoms with van der Waals surface area (Å²) in [6.07, 6.45) is -1.43. The molecule has 7 N–H and O–H groups in total. The fourth-order valence-electron chi connectivity index (χ4n) is 5.69. The molecule has 1 aromatic rings. The van der Waals surface area contributed by atoms with Crippen LogP contribution < -0.4 is 16.1 Å². The molecule has 1 aromatic carbocycles. The van der Waals surface area contributed by atoms with Crippen molar-refractivity contribution in [2.75, 3.05) is 26.1 Å². The SMILES string of the molecule is CONC(=O)c1cc(N(C)C)c2c(c1O)C(=O)C1=C(O)[C@]3(O)C(=O)C(C(N)=O)C(O)C[C@@H]3C[C@@H]1C2. The highest BCUT2D eigenvalue weighted by atomic mass is 16.6. The zero-order chi connectivity index (χ0) is 26.0. The number of fused-ring (bicyclic) bond motifs is 3. The summed E-state index contributed by atoms with van der Waals surface area (Å²) in [4.78, 5) is 57.3. The van der Waals surface area contributed by atoms with Crippen molar-refractivity contribution >= 4 is 29.1 Å². The van der Waals surface area contributed by atoms with E-state index in [0.717, 1.165) is 0 Å². The number of phenolic OH excluding ortho intramolecular Hbond substituents is 1. The number of nitrogens with two attached hydrogens (primary N) is 1. The number of carbonyl (C=O) groups excluding carboxylic acids is 4. The number of hydrogen-bond donors (Lipinski definition) is 6. The Bertz CT molecular complexity index is 1190. The molecule has 2 unspecified atom stereocenters. The van der Waals surface area contributed by atoms with Gasteiger partial charge in [0, 0.05) is 31.3 Å². The molecule has 1 saturated carbocycles. The molecule has 188 valence electrons. The Morgan fingerprint density at radius 3 is 2.46 bits per heavy atom. The van der Waals surface area contributed by atoms with E-state index in [9.17, 15) is 39.6 Å². The van der Waals surface area contributed by atoms with E-state index in [4.69, 9.17) is 5.73 Å². The van der Waals surface area contributed by atoms with Gasteiger partial charge in [-0.3, -0.25) is 24.0 Å². The number of aromatic hydroxyl groups is 1. The number of nitrogens with one attached hydrogen (secondary N) is 1. The van der Waals surface area contributed by atoms with E-state index in [2.05, 4.69) is 10.3 Å². The third-order valence-electron chi connectivity index (χ3n) is 7.29. The highest BCUT2D eigenvalue weighted by molar-refractivity contribution is 6.17. The maximum absolute atomic E-state index is 13.7. The number of nitrogens with zero attached hydrogens (tertiary/aromatic N) is 1. The van der Waals surface area contributed by atoms with Gasteiger partial charge in [-0.05, 0) is 36.8 Å². The normalized spacial score (nSPS) is 29.7. The molecule has 0 radical (unpaired) electrons. The molecule has 4 rings (SSSR count). The lowest BCUT2D eigenvalue weighted by atomic mass is 9.57. The lowest BCUT2D eigenvalue weighted by molar-refractivity contribution is -0.167. The number of rotatable bonds is 4. The summed E-state index contributed by atoms with van der Waals surface area (Å²) in [7, 11) is 4.59. The number of primary amides is 1. The van der Waals surface area contributed by atoms with Crippen molar-refractivity contribution in [3.63, 3.8) is 0 Å². The van der Waals surface area contributed by atoms with Gasteiger partial charge < -0.3 is 31.1 Å². The predicted molar refractivity (Wildman–Crippen MR) is 119 cm³/mol. The van der Waals surface area contributed by atoms with E-state index in [1.807, 2.05) is 0 Å². The highest BCUT2D eigenvalue weighted by Crippen LogP contribution is 2.52. The van der Waals surface area contributed by atoms with Crippen LogP contribution in [0.4, 0.5) is 5.69 Å². The number of hydroxylamine groups is 1. The molecular weight excluding hydrogens is 462 g/mol. The van der Waals surface area contributed by atoms with Gasteiger partial charge in [0.05, 0.1) is 24.3 Å². The van der Waals surface area contributed by atoms with Gasteiger partial charge in [0.15, 0.2) is 17.2 Å². The number of phenols is 1. The van der Waals surface area contributed by atoms with E-state index in [0.29, 0.717) is 11.3 Å². The average Bonchev–Trinajstić information content (AvgIpc) is 2.76. The fraction of sp³-hybridized carbons (Fsp3) is 0.478. The van der Waals surface area contributed by atoms with Gasteiger partial charge in [-0.15, -0.1) is 0 Å². The van der Waals surface area contributed by atoms with Crippen LogP contribution in [0.5, 0.6) is 5.75 Å². The van der Waals surface area contributed by atoms with Gasteiger partial charge in [-0.25, -0.2) is 5.48 Å². The Morgan fingerprint density at radius 2 is 1.89 bits per heavy atom. The van der Waals surface area contributed by atoms with Crippen LogP contribution in [0.25, 0.3) is 0 Å². The summed E-state index contributed by atoms with van der Waals surface area (Å²) in [5.74, 6) is -8.93. The summed E-state index contributed by atoms with van der Waals surface area (Å²) in [5, 5.41) is 43.7. The number of aliphatic hydroxyl groups excluding tert-OH is 2. The third-order valence-corrected chi connectivity index (χ3v) is 7.29. The molecule has 35 heavy (non-hydrogen) atoms. The standard InChI is InChI=1S/C23H27N3O9/c1-26(2)12-7-11(22(33)25-35-3)17(28)15-10(12)5-8-4-9-6-13(27)16(21(24)32)20(31)23(9,34)19(30)14(8)18(15)29/h7-9,13,16,27-28,30,34H,4-6H2,1-3H3,(H2,24,32)(H,25,33)/t8-,9+,13?,16?,23+/m1/s1. The Balaban J connectivity index is 1.92. The number of hydrogen-bond acceptors (Lipinski definition) is 10. The summed E-state index contributed by atoms with van der Waals surface area (Å²) in [6, 6.07) is 1.41. The minimum absolute atomic E-state index is 0.0505. The van der Waals surface area contributed by atoms with Crippen LogP contribution in [0.15, 0.2) is 17.4 Å². The first kappa shape index (κ1) is 24.6. The van der Waals surface area contributed by atoms with Gasteiger partial charge in [0.2, 0.25) is 5.91 Å². The molecule has 0 spiro atoms. The fourth-order valence-corrected chi connectivity index (χ4v) is 5.69. The zero-order valence-corrected chi connectivity index (χ0v) is 19.4. The minimum atomic E-state index is -2.59. The maximum Gasteiger partial charge on any atom is 0.278 e. The second-order valence-electron chi connectivity index (χ2n) is 9.41. The Hall–Kier alpha value is -3.48. The summed E-state index contributed by atoms with van der Waals surface area (Å²) >= 11 is 0. The first-order valence-electron chi connectivity index (χ1n) is 11.0. The number of benzene rings is 1. The van der Waals surface area contributed by atoms with Gasteiger partial charge in [-0.1, -0.05) is 0 Å². The minimum Gasteiger partial charge on any atom is -0.508 e. The molecule has 0 aromatic heterocycles. The molecular formula is C23H27N3O9. The number of anilines is 1. The highest BCUT2D eigenvalue weighted by Gasteiger charge is 2.62. The lowest BCUT2D eigenvalue weighted by Crippen LogP contribution is -2.63. The summed E-state index contributed by atoms with van der Waals surface area (Å²) in [6.45, 7) is 0. The van der Waals surface area contributed by atoms with Crippen LogP contribution >= 0.6 is 0 Å². The predicted octanol–water partition coefficient (Wildman–Crippen LogP) is -0.897. The Morgan fingerprint density at radius 1 is 1.23 bits per heavy atom. The molecule has 0 heterocycles. The first-order chi connectivity index (χ1) is 16.4. The average molecular weight is 489 g/mol. The second-order valence-corrected chi connectivity index (χ2v) is 9.41. The molecule has 0 bridgehead atoms. The molecule has 5 atom stereocenters. The third kappa shape index (κ3) is 3.39. The molecule has 0 aliphatic heterocycles. The monoisotopic (exact) mass is 489 g/mol. The summed E-state index contributed by atoms with van der Waals surface area (Å²) in [5.41, 5.74) is 4.86. The first-order valence-corrected chi connectivity index (χ1v) is 11.0. The van der Waals surface area contributed by atoms with Crippen molar-refractivity contribution in [2.24, 2.45) is 23.5 Å². The van der Waals surface area contributed by atoms with E-state index < -0.39 is 64.3 Å².